The number of hydrogen-bond acceptors (Lipinski definition) is 0. The van der Waals surface area contributed by atoms with Crippen molar-refractivity contribution in [1.82, 2.24) is 18.3 Å². The lowest BCUT2D eigenvalue weighted by atomic mass is 9.89. The van der Waals surface area contributed by atoms with Crippen molar-refractivity contribution < 1.29 is 0 Å². The Labute approximate surface area is 508 Å². The van der Waals surface area contributed by atoms with Crippen LogP contribution in [0.2, 0.25) is 0 Å². The lowest BCUT2D eigenvalue weighted by Gasteiger charge is -2.16. The molecule has 0 radical (unpaired) electrons. The number of fused-ring (bicyclic) bond motifs is 12. The second kappa shape index (κ2) is 20.0. The Balaban J connectivity index is 0.903. The van der Waals surface area contributed by atoms with Gasteiger partial charge in [0.05, 0.1) is 44.1 Å². The SMILES string of the molecule is c1ccc(-n2c3ccccc3c3ccc(-c4cc(-c5cc(-c6ccc7c8ccccc8n(-c8ccccc8)c7c6)cc(-c6ccc7c8ccccc8n(-c8ccccc8)c7c6)c5)cc(-c5ccc6c7ccccc7n(-c7ccccc7)c6c5)c4)cc32)cc1. The van der Waals surface area contributed by atoms with E-state index in [1.807, 2.05) is 0 Å². The number of aromatic nitrogens is 4. The molecule has 0 saturated carbocycles. The maximum absolute atomic E-state index is 2.43. The Morgan fingerprint density at radius 3 is 0.534 bits per heavy atom. The fraction of sp³-hybridized carbons (Fsp3) is 0. The van der Waals surface area contributed by atoms with E-state index in [9.17, 15) is 0 Å². The van der Waals surface area contributed by atoms with Gasteiger partial charge in [0.15, 0.2) is 0 Å². The van der Waals surface area contributed by atoms with E-state index >= 15 is 0 Å². The quantitative estimate of drug-likeness (QED) is 0.137. The Morgan fingerprint density at radius 1 is 0.125 bits per heavy atom. The minimum Gasteiger partial charge on any atom is -0.309 e. The van der Waals surface area contributed by atoms with Gasteiger partial charge < -0.3 is 18.3 Å². The summed E-state index contributed by atoms with van der Waals surface area (Å²) >= 11 is 0. The van der Waals surface area contributed by atoms with Crippen LogP contribution < -0.4 is 0 Å². The first kappa shape index (κ1) is 49.7. The summed E-state index contributed by atoms with van der Waals surface area (Å²) < 4.78 is 9.69. The third-order valence-corrected chi connectivity index (χ3v) is 18.3. The average Bonchev–Trinajstić information content (AvgIpc) is 1.99. The van der Waals surface area contributed by atoms with Gasteiger partial charge in [0.25, 0.3) is 0 Å². The zero-order valence-corrected chi connectivity index (χ0v) is 48.0. The van der Waals surface area contributed by atoms with Gasteiger partial charge in [0.2, 0.25) is 0 Å². The molecule has 4 aromatic heterocycles. The van der Waals surface area contributed by atoms with Crippen LogP contribution in [0.4, 0.5) is 0 Å². The van der Waals surface area contributed by atoms with Crippen LogP contribution in [-0.2, 0) is 0 Å². The normalized spacial score (nSPS) is 11.9. The molecule has 0 N–H and O–H groups in total. The van der Waals surface area contributed by atoms with Crippen LogP contribution in [0, 0.1) is 0 Å². The number of nitrogens with zero attached hydrogens (tertiary/aromatic N) is 4. The van der Waals surface area contributed by atoms with Crippen molar-refractivity contribution >= 4 is 87.2 Å². The van der Waals surface area contributed by atoms with Gasteiger partial charge >= 0.3 is 0 Å². The van der Waals surface area contributed by atoms with Gasteiger partial charge in [-0.2, -0.15) is 0 Å². The molecule has 0 fully saturated rings. The Morgan fingerprint density at radius 2 is 0.307 bits per heavy atom. The van der Waals surface area contributed by atoms with Crippen LogP contribution in [0.3, 0.4) is 0 Å². The van der Waals surface area contributed by atoms with Crippen LogP contribution in [0.5, 0.6) is 0 Å². The van der Waals surface area contributed by atoms with Gasteiger partial charge in [-0.3, -0.25) is 0 Å². The summed E-state index contributed by atoms with van der Waals surface area (Å²) in [5.74, 6) is 0. The van der Waals surface area contributed by atoms with E-state index in [-0.39, 0.29) is 0 Å². The van der Waals surface area contributed by atoms with Gasteiger partial charge in [-0.25, -0.2) is 0 Å². The summed E-state index contributed by atoms with van der Waals surface area (Å²) in [7, 11) is 0. The van der Waals surface area contributed by atoms with E-state index in [4.69, 9.17) is 0 Å². The summed E-state index contributed by atoms with van der Waals surface area (Å²) in [6.07, 6.45) is 0. The molecule has 0 aliphatic carbocycles. The average molecular weight is 1120 g/mol. The highest BCUT2D eigenvalue weighted by molar-refractivity contribution is 6.14. The minimum atomic E-state index is 1.13. The van der Waals surface area contributed by atoms with Gasteiger partial charge in [-0.15, -0.1) is 0 Å². The van der Waals surface area contributed by atoms with Crippen molar-refractivity contribution in [2.45, 2.75) is 0 Å². The zero-order chi connectivity index (χ0) is 57.8. The van der Waals surface area contributed by atoms with E-state index in [2.05, 4.69) is 346 Å². The molecule has 0 amide bonds. The summed E-state index contributed by atoms with van der Waals surface area (Å²) in [4.78, 5) is 0. The van der Waals surface area contributed by atoms with Gasteiger partial charge in [-0.1, -0.05) is 194 Å². The zero-order valence-electron chi connectivity index (χ0n) is 48.0. The molecule has 410 valence electrons. The Hall–Kier alpha value is -11.7. The second-order valence-electron chi connectivity index (χ2n) is 23.3. The number of rotatable bonds is 9. The fourth-order valence-corrected chi connectivity index (χ4v) is 14.3. The van der Waals surface area contributed by atoms with Crippen molar-refractivity contribution in [3.8, 4) is 78.4 Å². The largest absolute Gasteiger partial charge is 0.309 e. The lowest BCUT2D eigenvalue weighted by molar-refractivity contribution is 1.18. The number of hydrogen-bond donors (Lipinski definition) is 0. The summed E-state index contributed by atoms with van der Waals surface area (Å²) in [6, 6.07) is 121. The molecule has 0 spiro atoms. The van der Waals surface area contributed by atoms with E-state index in [0.29, 0.717) is 0 Å². The van der Waals surface area contributed by atoms with Crippen molar-refractivity contribution in [3.63, 3.8) is 0 Å². The highest BCUT2D eigenvalue weighted by atomic mass is 15.0. The molecule has 0 unspecified atom stereocenters. The Kier molecular flexibility index (Phi) is 11.3. The fourth-order valence-electron chi connectivity index (χ4n) is 14.3. The van der Waals surface area contributed by atoms with E-state index in [0.717, 1.165) is 78.4 Å². The topological polar surface area (TPSA) is 19.7 Å². The molecule has 4 nitrogen and oxygen atoms in total. The molecule has 18 aromatic rings. The maximum atomic E-state index is 2.43. The number of para-hydroxylation sites is 8. The van der Waals surface area contributed by atoms with Crippen LogP contribution in [0.15, 0.2) is 328 Å². The highest BCUT2D eigenvalue weighted by Gasteiger charge is 2.21. The van der Waals surface area contributed by atoms with Gasteiger partial charge in [0.1, 0.15) is 0 Å². The minimum absolute atomic E-state index is 1.13. The third kappa shape index (κ3) is 7.93. The van der Waals surface area contributed by atoms with Crippen molar-refractivity contribution in [2.75, 3.05) is 0 Å². The Bertz CT molecular complexity index is 5070. The van der Waals surface area contributed by atoms with Crippen LogP contribution in [0.25, 0.3) is 166 Å². The van der Waals surface area contributed by atoms with Crippen molar-refractivity contribution in [3.05, 3.63) is 328 Å². The molecular weight excluding hydrogens is 1060 g/mol. The van der Waals surface area contributed by atoms with Crippen molar-refractivity contribution in [2.24, 2.45) is 0 Å². The standard InChI is InChI=1S/C84H54N4/c1-5-21-65(22-6-1)85-77-33-17-13-29-69(77)73-41-37-55(51-81(73)85)59-45-60(56-38-42-74-70-30-14-18-34-78(70)86(82(74)52-56)66-23-7-2-8-24-66)48-63(47-59)64-49-61(57-39-43-75-71-31-15-19-35-79(71)87(83(75)53-57)67-25-9-3-10-26-67)46-62(50-64)58-40-44-76-72-32-16-20-36-80(72)88(84(76)54-58)68-27-11-4-12-28-68/h1-54H. The molecule has 0 saturated heterocycles. The summed E-state index contributed by atoms with van der Waals surface area (Å²) in [6.45, 7) is 0. The summed E-state index contributed by atoms with van der Waals surface area (Å²) in [5, 5.41) is 9.84. The molecule has 0 aliphatic heterocycles. The van der Waals surface area contributed by atoms with E-state index < -0.39 is 0 Å². The highest BCUT2D eigenvalue weighted by Crippen LogP contribution is 2.44. The van der Waals surface area contributed by atoms with E-state index in [1.165, 1.54) is 87.2 Å². The van der Waals surface area contributed by atoms with Crippen molar-refractivity contribution in [1.29, 1.82) is 0 Å². The summed E-state index contributed by atoms with van der Waals surface area (Å²) in [5.41, 5.74) is 25.3. The monoisotopic (exact) mass is 1120 g/mol. The molecule has 4 heteroatoms. The van der Waals surface area contributed by atoms with Gasteiger partial charge in [0, 0.05) is 65.8 Å². The molecule has 0 aliphatic rings. The maximum Gasteiger partial charge on any atom is 0.0547 e. The first-order chi connectivity index (χ1) is 43.6. The predicted octanol–water partition coefficient (Wildman–Crippen LogP) is 22.4. The van der Waals surface area contributed by atoms with E-state index in [1.54, 1.807) is 0 Å². The molecule has 0 atom stereocenters. The molecule has 4 heterocycles. The lowest BCUT2D eigenvalue weighted by Crippen LogP contribution is -1.94. The molecule has 88 heavy (non-hydrogen) atoms. The molecule has 0 bridgehead atoms. The first-order valence-electron chi connectivity index (χ1n) is 30.3. The molecule has 14 aromatic carbocycles. The third-order valence-electron chi connectivity index (χ3n) is 18.3. The van der Waals surface area contributed by atoms with Gasteiger partial charge in [-0.05, 0) is 189 Å². The molecule has 18 rings (SSSR count). The first-order valence-corrected chi connectivity index (χ1v) is 30.3. The van der Waals surface area contributed by atoms with Crippen LogP contribution >= 0.6 is 0 Å². The smallest absolute Gasteiger partial charge is 0.0547 e. The predicted molar refractivity (Wildman–Crippen MR) is 371 cm³/mol. The molecular formula is C84H54N4. The van der Waals surface area contributed by atoms with Crippen LogP contribution in [-0.4, -0.2) is 18.3 Å². The van der Waals surface area contributed by atoms with Crippen LogP contribution in [0.1, 0.15) is 0 Å². The number of benzene rings is 14. The second-order valence-corrected chi connectivity index (χ2v) is 23.3.